The highest BCUT2D eigenvalue weighted by Gasteiger charge is 2.17. The van der Waals surface area contributed by atoms with Gasteiger partial charge in [-0.15, -0.1) is 0 Å². The van der Waals surface area contributed by atoms with E-state index in [-0.39, 0.29) is 6.61 Å². The molecular weight excluding hydrogens is 216 g/mol. The van der Waals surface area contributed by atoms with Crippen LogP contribution in [0.3, 0.4) is 0 Å². The van der Waals surface area contributed by atoms with Gasteiger partial charge in [0, 0.05) is 6.61 Å². The summed E-state index contributed by atoms with van der Waals surface area (Å²) in [6, 6.07) is 3.79. The van der Waals surface area contributed by atoms with Gasteiger partial charge in [-0.1, -0.05) is 17.7 Å². The van der Waals surface area contributed by atoms with Crippen LogP contribution in [0.25, 0.3) is 0 Å². The Morgan fingerprint density at radius 1 is 1.27 bits per heavy atom. The molecule has 1 N–H and O–H groups in total. The van der Waals surface area contributed by atoms with Crippen LogP contribution >= 0.6 is 11.6 Å². The van der Waals surface area contributed by atoms with E-state index in [1.54, 1.807) is 0 Å². The number of aryl methyl sites for hydroxylation is 1. The van der Waals surface area contributed by atoms with Crippen LogP contribution in [-0.4, -0.2) is 24.9 Å². The third-order valence-corrected chi connectivity index (χ3v) is 2.75. The van der Waals surface area contributed by atoms with Crippen molar-refractivity contribution in [3.05, 3.63) is 22.7 Å². The van der Waals surface area contributed by atoms with Crippen LogP contribution in [0.5, 0.6) is 11.5 Å². The zero-order chi connectivity index (χ0) is 10.7. The van der Waals surface area contributed by atoms with Crippen LogP contribution in [0.4, 0.5) is 0 Å². The minimum Gasteiger partial charge on any atom is -0.486 e. The van der Waals surface area contributed by atoms with Crippen LogP contribution in [0.2, 0.25) is 5.02 Å². The van der Waals surface area contributed by atoms with Gasteiger partial charge < -0.3 is 14.6 Å². The number of aliphatic hydroxyl groups excluding tert-OH is 1. The molecule has 82 valence electrons. The summed E-state index contributed by atoms with van der Waals surface area (Å²) in [6.45, 7) is 1.28. The second-order valence-corrected chi connectivity index (χ2v) is 3.77. The topological polar surface area (TPSA) is 38.7 Å². The van der Waals surface area contributed by atoms with E-state index in [1.807, 2.05) is 12.1 Å². The second kappa shape index (κ2) is 4.73. The molecule has 1 aliphatic rings. The van der Waals surface area contributed by atoms with E-state index in [9.17, 15) is 0 Å². The number of rotatable bonds is 3. The van der Waals surface area contributed by atoms with Crippen LogP contribution in [-0.2, 0) is 6.42 Å². The largest absolute Gasteiger partial charge is 0.486 e. The summed E-state index contributed by atoms with van der Waals surface area (Å²) in [5.74, 6) is 1.34. The normalized spacial score (nSPS) is 14.0. The molecule has 0 saturated heterocycles. The van der Waals surface area contributed by atoms with Gasteiger partial charge in [-0.05, 0) is 24.5 Å². The highest BCUT2D eigenvalue weighted by molar-refractivity contribution is 6.33. The van der Waals surface area contributed by atoms with Gasteiger partial charge in [-0.2, -0.15) is 0 Å². The van der Waals surface area contributed by atoms with Crippen molar-refractivity contribution in [3.63, 3.8) is 0 Å². The van der Waals surface area contributed by atoms with E-state index in [2.05, 4.69) is 0 Å². The molecule has 0 spiro atoms. The Labute approximate surface area is 93.6 Å². The van der Waals surface area contributed by atoms with E-state index in [4.69, 9.17) is 26.2 Å². The molecule has 3 nitrogen and oxygen atoms in total. The lowest BCUT2D eigenvalue weighted by atomic mass is 10.1. The van der Waals surface area contributed by atoms with E-state index in [1.165, 1.54) is 0 Å². The third-order valence-electron chi connectivity index (χ3n) is 2.33. The summed E-state index contributed by atoms with van der Waals surface area (Å²) in [5.41, 5.74) is 0.995. The lowest BCUT2D eigenvalue weighted by Crippen LogP contribution is -2.16. The van der Waals surface area contributed by atoms with E-state index < -0.39 is 0 Å². The molecule has 0 bridgehead atoms. The monoisotopic (exact) mass is 228 g/mol. The van der Waals surface area contributed by atoms with Crippen LogP contribution in [0.15, 0.2) is 12.1 Å². The predicted octanol–water partition coefficient (Wildman–Crippen LogP) is 2.04. The van der Waals surface area contributed by atoms with Gasteiger partial charge >= 0.3 is 0 Å². The minimum atomic E-state index is 0.171. The molecule has 2 rings (SSSR count). The molecule has 4 heteroatoms. The first-order valence-electron chi connectivity index (χ1n) is 5.01. The van der Waals surface area contributed by atoms with Crippen molar-refractivity contribution in [2.45, 2.75) is 12.8 Å². The molecule has 15 heavy (non-hydrogen) atoms. The van der Waals surface area contributed by atoms with Crippen molar-refractivity contribution >= 4 is 11.6 Å². The number of hydrogen-bond donors (Lipinski definition) is 1. The fourth-order valence-electron chi connectivity index (χ4n) is 1.59. The van der Waals surface area contributed by atoms with Gasteiger partial charge in [-0.3, -0.25) is 0 Å². The second-order valence-electron chi connectivity index (χ2n) is 3.39. The molecule has 0 saturated carbocycles. The lowest BCUT2D eigenvalue weighted by Gasteiger charge is -2.20. The molecular formula is C11H13ClO3. The van der Waals surface area contributed by atoms with Crippen LogP contribution < -0.4 is 9.47 Å². The van der Waals surface area contributed by atoms with E-state index in [0.717, 1.165) is 12.0 Å². The Kier molecular flexibility index (Phi) is 3.34. The van der Waals surface area contributed by atoms with E-state index in [0.29, 0.717) is 36.2 Å². The number of hydrogen-bond acceptors (Lipinski definition) is 3. The minimum absolute atomic E-state index is 0.171. The molecule has 0 amide bonds. The van der Waals surface area contributed by atoms with Gasteiger partial charge in [0.2, 0.25) is 0 Å². The summed E-state index contributed by atoms with van der Waals surface area (Å²) >= 11 is 6.18. The Morgan fingerprint density at radius 2 is 2.07 bits per heavy atom. The maximum Gasteiger partial charge on any atom is 0.180 e. The van der Waals surface area contributed by atoms with Gasteiger partial charge in [0.05, 0.1) is 5.02 Å². The van der Waals surface area contributed by atoms with Gasteiger partial charge in [0.25, 0.3) is 0 Å². The highest BCUT2D eigenvalue weighted by Crippen LogP contribution is 2.39. The zero-order valence-corrected chi connectivity index (χ0v) is 9.09. The zero-order valence-electron chi connectivity index (χ0n) is 8.33. The average molecular weight is 229 g/mol. The number of benzene rings is 1. The first kappa shape index (κ1) is 10.6. The lowest BCUT2D eigenvalue weighted by molar-refractivity contribution is 0.171. The molecule has 1 aromatic rings. The summed E-state index contributed by atoms with van der Waals surface area (Å²) in [6.07, 6.45) is 1.46. The number of fused-ring (bicyclic) bond motifs is 1. The molecule has 0 fully saturated rings. The van der Waals surface area contributed by atoms with Crippen LogP contribution in [0, 0.1) is 0 Å². The summed E-state index contributed by atoms with van der Waals surface area (Å²) in [5, 5.41) is 9.37. The molecule has 0 aliphatic carbocycles. The van der Waals surface area contributed by atoms with Crippen molar-refractivity contribution in [2.24, 2.45) is 0 Å². The summed E-state index contributed by atoms with van der Waals surface area (Å²) in [4.78, 5) is 0. The Hall–Kier alpha value is -0.930. The average Bonchev–Trinajstić information content (AvgIpc) is 2.29. The van der Waals surface area contributed by atoms with Crippen molar-refractivity contribution in [1.82, 2.24) is 0 Å². The molecule has 0 aromatic heterocycles. The molecule has 1 aromatic carbocycles. The fraction of sp³-hybridized carbons (Fsp3) is 0.455. The van der Waals surface area contributed by atoms with Crippen molar-refractivity contribution in [3.8, 4) is 11.5 Å². The van der Waals surface area contributed by atoms with Gasteiger partial charge in [0.1, 0.15) is 13.2 Å². The third kappa shape index (κ3) is 2.19. The van der Waals surface area contributed by atoms with Gasteiger partial charge in [-0.25, -0.2) is 0 Å². The molecule has 1 heterocycles. The predicted molar refractivity (Wildman–Crippen MR) is 57.8 cm³/mol. The summed E-state index contributed by atoms with van der Waals surface area (Å²) in [7, 11) is 0. The van der Waals surface area contributed by atoms with Gasteiger partial charge in [0.15, 0.2) is 11.5 Å². The Morgan fingerprint density at radius 3 is 2.87 bits per heavy atom. The Balaban J connectivity index is 2.26. The SMILES string of the molecule is OCCCc1ccc2c(c1Cl)OCCO2. The van der Waals surface area contributed by atoms with E-state index >= 15 is 0 Å². The number of halogens is 1. The molecule has 0 radical (unpaired) electrons. The van der Waals surface area contributed by atoms with Crippen molar-refractivity contribution in [2.75, 3.05) is 19.8 Å². The fourth-order valence-corrected chi connectivity index (χ4v) is 1.89. The Bertz CT molecular complexity index is 352. The number of ether oxygens (including phenoxy) is 2. The first-order chi connectivity index (χ1) is 7.33. The molecule has 0 atom stereocenters. The van der Waals surface area contributed by atoms with Crippen molar-refractivity contribution < 1.29 is 14.6 Å². The highest BCUT2D eigenvalue weighted by atomic mass is 35.5. The standard InChI is InChI=1S/C11H13ClO3/c12-10-8(2-1-5-13)3-4-9-11(10)15-7-6-14-9/h3-4,13H,1-2,5-7H2. The molecule has 0 unspecified atom stereocenters. The first-order valence-corrected chi connectivity index (χ1v) is 5.38. The smallest absolute Gasteiger partial charge is 0.180 e. The van der Waals surface area contributed by atoms with Crippen molar-refractivity contribution in [1.29, 1.82) is 0 Å². The number of aliphatic hydroxyl groups is 1. The maximum absolute atomic E-state index is 8.76. The van der Waals surface area contributed by atoms with Crippen LogP contribution in [0.1, 0.15) is 12.0 Å². The maximum atomic E-state index is 8.76. The quantitative estimate of drug-likeness (QED) is 0.861. The summed E-state index contributed by atoms with van der Waals surface area (Å²) < 4.78 is 10.9. The molecule has 1 aliphatic heterocycles.